The summed E-state index contributed by atoms with van der Waals surface area (Å²) in [7, 11) is 0. The molecule has 0 spiro atoms. The van der Waals surface area contributed by atoms with Gasteiger partial charge in [-0.1, -0.05) is 0 Å². The molecule has 0 atom stereocenters. The molecule has 1 heteroatoms. The summed E-state index contributed by atoms with van der Waals surface area (Å²) >= 11 is -1.55. The molecule has 0 aliphatic carbocycles. The molecule has 0 radical (unpaired) electrons. The van der Waals surface area contributed by atoms with Crippen molar-refractivity contribution in [1.82, 2.24) is 0 Å². The molecule has 0 bridgehead atoms. The van der Waals surface area contributed by atoms with Crippen LogP contribution in [0.15, 0.2) is 22.0 Å². The standard InChI is InChI=1S/C12H22Ge/c1-3-5-9-13(10-6-4-2)11-7-8-12-13/h7-8,11-12H,3-6,9-10H2,1-2H3. The van der Waals surface area contributed by atoms with Gasteiger partial charge in [-0.2, -0.15) is 0 Å². The predicted octanol–water partition coefficient (Wildman–Crippen LogP) is 4.24. The number of hydrogen-bond acceptors (Lipinski definition) is 0. The van der Waals surface area contributed by atoms with Crippen LogP contribution < -0.4 is 0 Å². The maximum atomic E-state index is 2.59. The summed E-state index contributed by atoms with van der Waals surface area (Å²) in [6, 6.07) is 0. The zero-order chi connectivity index (χ0) is 9.57. The van der Waals surface area contributed by atoms with E-state index in [0.717, 1.165) is 0 Å². The Kier molecular flexibility index (Phi) is 4.86. The monoisotopic (exact) mass is 240 g/mol. The van der Waals surface area contributed by atoms with Crippen molar-refractivity contribution in [2.75, 3.05) is 0 Å². The molecule has 0 saturated carbocycles. The third-order valence-corrected chi connectivity index (χ3v) is 11.9. The van der Waals surface area contributed by atoms with Crippen LogP contribution in [0.25, 0.3) is 0 Å². The summed E-state index contributed by atoms with van der Waals surface area (Å²) in [6.45, 7) is 4.61. The zero-order valence-electron chi connectivity index (χ0n) is 9.05. The molecule has 0 aromatic rings. The van der Waals surface area contributed by atoms with Gasteiger partial charge in [0.15, 0.2) is 0 Å². The second kappa shape index (κ2) is 5.69. The normalized spacial score (nSPS) is 18.3. The molecule has 0 amide bonds. The Bertz CT molecular complexity index is 169. The van der Waals surface area contributed by atoms with Gasteiger partial charge >= 0.3 is 85.3 Å². The number of allylic oxidation sites excluding steroid dienone is 2. The molecule has 1 aliphatic heterocycles. The molecule has 74 valence electrons. The number of rotatable bonds is 6. The van der Waals surface area contributed by atoms with E-state index in [0.29, 0.717) is 0 Å². The molecule has 0 N–H and O–H groups in total. The first kappa shape index (κ1) is 11.1. The van der Waals surface area contributed by atoms with Crippen LogP contribution in [0.4, 0.5) is 0 Å². The van der Waals surface area contributed by atoms with E-state index in [2.05, 4.69) is 35.8 Å². The number of unbranched alkanes of at least 4 members (excludes halogenated alkanes) is 2. The zero-order valence-corrected chi connectivity index (χ0v) is 11.2. The van der Waals surface area contributed by atoms with Crippen molar-refractivity contribution in [3.8, 4) is 0 Å². The Morgan fingerprint density at radius 1 is 0.846 bits per heavy atom. The molecule has 1 heterocycles. The van der Waals surface area contributed by atoms with E-state index in [9.17, 15) is 0 Å². The molecule has 0 saturated heterocycles. The van der Waals surface area contributed by atoms with Crippen molar-refractivity contribution in [1.29, 1.82) is 0 Å². The average molecular weight is 239 g/mol. The van der Waals surface area contributed by atoms with Crippen LogP contribution in [0.5, 0.6) is 0 Å². The van der Waals surface area contributed by atoms with Gasteiger partial charge in [0.1, 0.15) is 0 Å². The third kappa shape index (κ3) is 3.34. The molecular formula is C12H22Ge. The van der Waals surface area contributed by atoms with Crippen molar-refractivity contribution >= 4 is 13.3 Å². The van der Waals surface area contributed by atoms with Crippen molar-refractivity contribution in [2.45, 2.75) is 50.0 Å². The molecule has 0 nitrogen and oxygen atoms in total. The van der Waals surface area contributed by atoms with E-state index >= 15 is 0 Å². The van der Waals surface area contributed by atoms with Gasteiger partial charge in [-0.15, -0.1) is 0 Å². The fourth-order valence-electron chi connectivity index (χ4n) is 2.02. The van der Waals surface area contributed by atoms with Crippen LogP contribution in [-0.2, 0) is 0 Å². The minimum atomic E-state index is -1.55. The topological polar surface area (TPSA) is 0 Å². The van der Waals surface area contributed by atoms with Gasteiger partial charge in [0.25, 0.3) is 0 Å². The Morgan fingerprint density at radius 3 is 1.69 bits per heavy atom. The first-order valence-electron chi connectivity index (χ1n) is 5.70. The Morgan fingerprint density at radius 2 is 1.31 bits per heavy atom. The summed E-state index contributed by atoms with van der Waals surface area (Å²) < 4.78 is 0. The van der Waals surface area contributed by atoms with E-state index < -0.39 is 13.3 Å². The predicted molar refractivity (Wildman–Crippen MR) is 63.5 cm³/mol. The van der Waals surface area contributed by atoms with Gasteiger partial charge in [-0.05, 0) is 0 Å². The minimum absolute atomic E-state index is 1.36. The Hall–Kier alpha value is 0.0229. The molecule has 1 aliphatic rings. The summed E-state index contributed by atoms with van der Waals surface area (Å²) in [6.07, 6.45) is 10.2. The molecule has 1 rings (SSSR count). The van der Waals surface area contributed by atoms with Crippen LogP contribution in [0.2, 0.25) is 10.5 Å². The van der Waals surface area contributed by atoms with Crippen molar-refractivity contribution in [2.24, 2.45) is 0 Å². The first-order valence-corrected chi connectivity index (χ1v) is 11.1. The number of hydrogen-bond donors (Lipinski definition) is 0. The van der Waals surface area contributed by atoms with Gasteiger partial charge in [-0.25, -0.2) is 0 Å². The third-order valence-electron chi connectivity index (χ3n) is 2.96. The quantitative estimate of drug-likeness (QED) is 0.608. The Labute approximate surface area is 85.5 Å². The second-order valence-corrected chi connectivity index (χ2v) is 12.8. The fourth-order valence-corrected chi connectivity index (χ4v) is 10.5. The summed E-state index contributed by atoms with van der Waals surface area (Å²) in [5.74, 6) is 0. The second-order valence-electron chi connectivity index (χ2n) is 4.16. The molecular weight excluding hydrogens is 217 g/mol. The molecule has 0 unspecified atom stereocenters. The molecule has 0 fully saturated rings. The summed E-state index contributed by atoms with van der Waals surface area (Å²) in [4.78, 5) is 5.18. The van der Waals surface area contributed by atoms with Crippen LogP contribution >= 0.6 is 0 Å². The fraction of sp³-hybridized carbons (Fsp3) is 0.667. The van der Waals surface area contributed by atoms with Gasteiger partial charge < -0.3 is 0 Å². The van der Waals surface area contributed by atoms with Gasteiger partial charge in [0.2, 0.25) is 0 Å². The van der Waals surface area contributed by atoms with E-state index in [1.807, 2.05) is 0 Å². The SMILES string of the molecule is CCC[CH2][Ge]1([CH2]CCC)[CH]=CC=[CH]1. The van der Waals surface area contributed by atoms with Crippen molar-refractivity contribution < 1.29 is 0 Å². The van der Waals surface area contributed by atoms with Crippen LogP contribution in [0.3, 0.4) is 0 Å². The summed E-state index contributed by atoms with van der Waals surface area (Å²) in [5.41, 5.74) is 0. The molecule has 13 heavy (non-hydrogen) atoms. The van der Waals surface area contributed by atoms with Crippen LogP contribution in [-0.4, -0.2) is 13.3 Å². The van der Waals surface area contributed by atoms with Crippen molar-refractivity contribution in [3.63, 3.8) is 0 Å². The van der Waals surface area contributed by atoms with E-state index in [4.69, 9.17) is 0 Å². The molecule has 0 aromatic heterocycles. The first-order chi connectivity index (χ1) is 6.33. The molecule has 0 aromatic carbocycles. The Balaban J connectivity index is 2.44. The van der Waals surface area contributed by atoms with E-state index in [1.54, 1.807) is 0 Å². The van der Waals surface area contributed by atoms with Crippen LogP contribution in [0, 0.1) is 0 Å². The van der Waals surface area contributed by atoms with E-state index in [-0.39, 0.29) is 0 Å². The van der Waals surface area contributed by atoms with Gasteiger partial charge in [0.05, 0.1) is 0 Å². The van der Waals surface area contributed by atoms with Gasteiger partial charge in [0, 0.05) is 0 Å². The van der Waals surface area contributed by atoms with Crippen LogP contribution in [0.1, 0.15) is 39.5 Å². The maximum absolute atomic E-state index is 2.59. The van der Waals surface area contributed by atoms with Crippen molar-refractivity contribution in [3.05, 3.63) is 22.0 Å². The average Bonchev–Trinajstić information content (AvgIpc) is 2.61. The van der Waals surface area contributed by atoms with E-state index in [1.165, 1.54) is 36.2 Å². The van der Waals surface area contributed by atoms with Gasteiger partial charge in [-0.3, -0.25) is 0 Å². The summed E-state index contributed by atoms with van der Waals surface area (Å²) in [5, 5.41) is 3.06.